The van der Waals surface area contributed by atoms with Gasteiger partial charge in [-0.3, -0.25) is 14.9 Å². The van der Waals surface area contributed by atoms with Gasteiger partial charge in [-0.05, 0) is 18.2 Å². The number of carbonyl (C=O) groups excluding carboxylic acids is 1. The molecule has 0 saturated carbocycles. The van der Waals surface area contributed by atoms with Crippen molar-refractivity contribution in [3.05, 3.63) is 93.5 Å². The summed E-state index contributed by atoms with van der Waals surface area (Å²) in [6.45, 7) is 0. The Morgan fingerprint density at radius 2 is 1.84 bits per heavy atom. The highest BCUT2D eigenvalue weighted by Gasteiger charge is 2.35. The summed E-state index contributed by atoms with van der Waals surface area (Å²) in [6.07, 6.45) is 0.720. The zero-order valence-electron chi connectivity index (χ0n) is 17.4. The number of benzene rings is 3. The maximum Gasteiger partial charge on any atom is 0.278 e. The molecule has 1 amide bonds. The number of hydrogen-bond donors (Lipinski definition) is 1. The molecular formula is C23H20N4O5. The summed E-state index contributed by atoms with van der Waals surface area (Å²) >= 11 is 0. The Bertz CT molecular complexity index is 1210. The smallest absolute Gasteiger partial charge is 0.278 e. The van der Waals surface area contributed by atoms with Gasteiger partial charge in [0.2, 0.25) is 0 Å². The number of fused-ring (bicyclic) bond motifs is 1. The van der Waals surface area contributed by atoms with Crippen LogP contribution < -0.4 is 14.8 Å². The predicted octanol–water partition coefficient (Wildman–Crippen LogP) is 4.21. The SMILES string of the molecule is COc1cccc(C2Nc3ccccc3C(=O)N2/N=C/c2cccc([N+](=O)[O-])c2)c1OC. The van der Waals surface area contributed by atoms with Gasteiger partial charge in [0.1, 0.15) is 0 Å². The minimum Gasteiger partial charge on any atom is -0.493 e. The van der Waals surface area contributed by atoms with Crippen molar-refractivity contribution in [1.29, 1.82) is 0 Å². The van der Waals surface area contributed by atoms with E-state index in [1.165, 1.54) is 37.6 Å². The fourth-order valence-corrected chi connectivity index (χ4v) is 3.55. The highest BCUT2D eigenvalue weighted by Crippen LogP contribution is 2.40. The van der Waals surface area contributed by atoms with Crippen molar-refractivity contribution in [2.75, 3.05) is 19.5 Å². The van der Waals surface area contributed by atoms with Gasteiger partial charge in [-0.2, -0.15) is 5.10 Å². The number of anilines is 1. The summed E-state index contributed by atoms with van der Waals surface area (Å²) in [5, 5.41) is 20.1. The topological polar surface area (TPSA) is 106 Å². The first kappa shape index (κ1) is 20.9. The third-order valence-electron chi connectivity index (χ3n) is 5.04. The van der Waals surface area contributed by atoms with Gasteiger partial charge in [-0.15, -0.1) is 0 Å². The normalized spacial score (nSPS) is 15.2. The monoisotopic (exact) mass is 432 g/mol. The predicted molar refractivity (Wildman–Crippen MR) is 119 cm³/mol. The highest BCUT2D eigenvalue weighted by molar-refractivity contribution is 6.02. The number of non-ortho nitro benzene ring substituents is 1. The third kappa shape index (κ3) is 3.83. The lowest BCUT2D eigenvalue weighted by Gasteiger charge is -2.35. The molecule has 1 atom stereocenters. The molecule has 3 aromatic carbocycles. The van der Waals surface area contributed by atoms with E-state index in [0.29, 0.717) is 33.9 Å². The Kier molecular flexibility index (Phi) is 5.71. The minimum atomic E-state index is -0.697. The molecule has 1 N–H and O–H groups in total. The molecule has 0 bridgehead atoms. The maximum absolute atomic E-state index is 13.3. The summed E-state index contributed by atoms with van der Waals surface area (Å²) in [5.41, 5.74) is 2.19. The number of amides is 1. The van der Waals surface area contributed by atoms with E-state index < -0.39 is 11.1 Å². The molecule has 0 aliphatic carbocycles. The molecule has 0 radical (unpaired) electrons. The summed E-state index contributed by atoms with van der Waals surface area (Å²) < 4.78 is 11.0. The number of nitro groups is 1. The zero-order chi connectivity index (χ0) is 22.7. The lowest BCUT2D eigenvalue weighted by molar-refractivity contribution is -0.384. The molecule has 4 rings (SSSR count). The van der Waals surface area contributed by atoms with Gasteiger partial charge in [-0.1, -0.05) is 36.4 Å². The number of rotatable bonds is 6. The molecule has 0 aromatic heterocycles. The van der Waals surface area contributed by atoms with Crippen LogP contribution in [0.1, 0.15) is 27.7 Å². The fourth-order valence-electron chi connectivity index (χ4n) is 3.55. The Morgan fingerprint density at radius 3 is 2.59 bits per heavy atom. The molecule has 1 aliphatic heterocycles. The molecule has 0 fully saturated rings. The summed E-state index contributed by atoms with van der Waals surface area (Å²) in [5.74, 6) is 0.659. The van der Waals surface area contributed by atoms with Crippen molar-refractivity contribution in [3.63, 3.8) is 0 Å². The number of hydrogen-bond acceptors (Lipinski definition) is 7. The molecule has 3 aromatic rings. The number of hydrazone groups is 1. The van der Waals surface area contributed by atoms with Gasteiger partial charge in [0.25, 0.3) is 11.6 Å². The van der Waals surface area contributed by atoms with Gasteiger partial charge >= 0.3 is 0 Å². The van der Waals surface area contributed by atoms with Crippen molar-refractivity contribution in [1.82, 2.24) is 5.01 Å². The van der Waals surface area contributed by atoms with Gasteiger partial charge in [0, 0.05) is 28.9 Å². The summed E-state index contributed by atoms with van der Waals surface area (Å²) in [7, 11) is 3.06. The van der Waals surface area contributed by atoms with Crippen molar-refractivity contribution in [2.24, 2.45) is 5.10 Å². The van der Waals surface area contributed by atoms with Crippen molar-refractivity contribution in [3.8, 4) is 11.5 Å². The molecule has 9 nitrogen and oxygen atoms in total. The largest absolute Gasteiger partial charge is 0.493 e. The van der Waals surface area contributed by atoms with Gasteiger partial charge in [0.05, 0.1) is 30.9 Å². The number of nitrogens with zero attached hydrogens (tertiary/aromatic N) is 3. The van der Waals surface area contributed by atoms with Crippen LogP contribution in [-0.4, -0.2) is 36.3 Å². The molecular weight excluding hydrogens is 412 g/mol. The van der Waals surface area contributed by atoms with E-state index in [1.807, 2.05) is 18.2 Å². The van der Waals surface area contributed by atoms with E-state index in [-0.39, 0.29) is 11.6 Å². The van der Waals surface area contributed by atoms with E-state index >= 15 is 0 Å². The van der Waals surface area contributed by atoms with Crippen molar-refractivity contribution < 1.29 is 19.2 Å². The highest BCUT2D eigenvalue weighted by atomic mass is 16.6. The van der Waals surface area contributed by atoms with E-state index in [2.05, 4.69) is 10.4 Å². The Hall–Kier alpha value is -4.40. The van der Waals surface area contributed by atoms with Crippen molar-refractivity contribution >= 4 is 23.5 Å². The van der Waals surface area contributed by atoms with Crippen molar-refractivity contribution in [2.45, 2.75) is 6.17 Å². The first-order valence-electron chi connectivity index (χ1n) is 9.72. The molecule has 1 aliphatic rings. The van der Waals surface area contributed by atoms with E-state index in [0.717, 1.165) is 0 Å². The van der Waals surface area contributed by atoms with E-state index in [9.17, 15) is 14.9 Å². The molecule has 1 unspecified atom stereocenters. The molecule has 0 saturated heterocycles. The first-order valence-corrected chi connectivity index (χ1v) is 9.72. The lowest BCUT2D eigenvalue weighted by atomic mass is 10.0. The standard InChI is InChI=1S/C23H20N4O5/c1-31-20-12-6-10-18(21(20)32-2)22-25-19-11-4-3-9-17(19)23(28)26(22)24-14-15-7-5-8-16(13-15)27(29)30/h3-14,22,25H,1-2H3/b24-14+. The number of carbonyl (C=O) groups is 1. The Morgan fingerprint density at radius 1 is 1.06 bits per heavy atom. The molecule has 0 spiro atoms. The third-order valence-corrected chi connectivity index (χ3v) is 5.04. The van der Waals surface area contributed by atoms with E-state index in [4.69, 9.17) is 9.47 Å². The Labute approximate surface area is 184 Å². The average molecular weight is 432 g/mol. The summed E-state index contributed by atoms with van der Waals surface area (Å²) in [4.78, 5) is 23.9. The number of para-hydroxylation sites is 2. The number of nitro benzene ring substituents is 1. The lowest BCUT2D eigenvalue weighted by Crippen LogP contribution is -2.39. The van der Waals surface area contributed by atoms with Crippen LogP contribution in [0.4, 0.5) is 11.4 Å². The first-order chi connectivity index (χ1) is 15.5. The molecule has 1 heterocycles. The van der Waals surface area contributed by atoms with Gasteiger partial charge in [-0.25, -0.2) is 5.01 Å². The zero-order valence-corrected chi connectivity index (χ0v) is 17.4. The molecule has 9 heteroatoms. The number of nitrogens with one attached hydrogen (secondary N) is 1. The van der Waals surface area contributed by atoms with Crippen LogP contribution in [0.2, 0.25) is 0 Å². The quantitative estimate of drug-likeness (QED) is 0.355. The van der Waals surface area contributed by atoms with Crippen LogP contribution in [-0.2, 0) is 0 Å². The van der Waals surface area contributed by atoms with Gasteiger partial charge in [0.15, 0.2) is 17.7 Å². The molecule has 162 valence electrons. The second-order valence-corrected chi connectivity index (χ2v) is 6.92. The minimum absolute atomic E-state index is 0.0617. The van der Waals surface area contributed by atoms with Gasteiger partial charge < -0.3 is 14.8 Å². The van der Waals surface area contributed by atoms with Crippen LogP contribution in [0.3, 0.4) is 0 Å². The number of ether oxygens (including phenoxy) is 2. The molecule has 32 heavy (non-hydrogen) atoms. The van der Waals surface area contributed by atoms with Crippen LogP contribution >= 0.6 is 0 Å². The second kappa shape index (κ2) is 8.76. The maximum atomic E-state index is 13.3. The average Bonchev–Trinajstić information content (AvgIpc) is 2.83. The second-order valence-electron chi connectivity index (χ2n) is 6.92. The fraction of sp³-hybridized carbons (Fsp3) is 0.130. The van der Waals surface area contributed by atoms with Crippen LogP contribution in [0, 0.1) is 10.1 Å². The van der Waals surface area contributed by atoms with Crippen LogP contribution in [0.25, 0.3) is 0 Å². The van der Waals surface area contributed by atoms with E-state index in [1.54, 1.807) is 36.4 Å². The van der Waals surface area contributed by atoms with Crippen LogP contribution in [0.15, 0.2) is 71.8 Å². The number of methoxy groups -OCH3 is 2. The summed E-state index contributed by atoms with van der Waals surface area (Å²) in [6, 6.07) is 18.5. The van der Waals surface area contributed by atoms with Crippen LogP contribution in [0.5, 0.6) is 11.5 Å². The Balaban J connectivity index is 1.80.